The molecule has 1 saturated heterocycles. The van der Waals surface area contributed by atoms with Gasteiger partial charge in [0.1, 0.15) is 0 Å². The van der Waals surface area contributed by atoms with Crippen molar-refractivity contribution in [2.45, 2.75) is 37.6 Å². The summed E-state index contributed by atoms with van der Waals surface area (Å²) in [6, 6.07) is -0.156. The summed E-state index contributed by atoms with van der Waals surface area (Å²) in [4.78, 5) is 23.7. The first-order valence-electron chi connectivity index (χ1n) is 5.21. The van der Waals surface area contributed by atoms with Gasteiger partial charge in [-0.2, -0.15) is 4.48 Å². The van der Waals surface area contributed by atoms with Crippen LogP contribution in [0.25, 0.3) is 0 Å². The van der Waals surface area contributed by atoms with Crippen LogP contribution in [0, 0.1) is 0 Å². The monoisotopic (exact) mass is 197 g/mol. The van der Waals surface area contributed by atoms with Gasteiger partial charge in [0.05, 0.1) is 14.1 Å². The molecule has 3 amide bonds. The Morgan fingerprint density at radius 1 is 1.14 bits per heavy atom. The van der Waals surface area contributed by atoms with Gasteiger partial charge in [-0.05, 0) is 12.8 Å². The molecular formula is C10H17N2O2+. The van der Waals surface area contributed by atoms with Gasteiger partial charge >= 0.3 is 11.9 Å². The largest absolute Gasteiger partial charge is 0.424 e. The molecule has 1 N–H and O–H groups in total. The third-order valence-electron chi connectivity index (χ3n) is 3.48. The molecule has 0 bridgehead atoms. The molecule has 0 atom stereocenters. The Morgan fingerprint density at radius 3 is 2.14 bits per heavy atom. The quantitative estimate of drug-likeness (QED) is 0.465. The van der Waals surface area contributed by atoms with Gasteiger partial charge in [0.15, 0.2) is 5.54 Å². The molecule has 0 unspecified atom stereocenters. The first-order valence-corrected chi connectivity index (χ1v) is 5.21. The van der Waals surface area contributed by atoms with Gasteiger partial charge in [0.25, 0.3) is 0 Å². The lowest BCUT2D eigenvalue weighted by Crippen LogP contribution is -2.51. The third kappa shape index (κ3) is 1.10. The lowest BCUT2D eigenvalue weighted by molar-refractivity contribution is -0.723. The number of amides is 3. The maximum absolute atomic E-state index is 12.1. The van der Waals surface area contributed by atoms with Crippen LogP contribution in [0.3, 0.4) is 0 Å². The minimum absolute atomic E-state index is 0.0437. The minimum Gasteiger partial charge on any atom is -0.286 e. The lowest BCUT2D eigenvalue weighted by Gasteiger charge is -2.28. The van der Waals surface area contributed by atoms with Gasteiger partial charge in [-0.15, -0.1) is 0 Å². The number of imide groups is 1. The molecule has 14 heavy (non-hydrogen) atoms. The van der Waals surface area contributed by atoms with Crippen LogP contribution in [0.15, 0.2) is 0 Å². The zero-order chi connectivity index (χ0) is 10.4. The van der Waals surface area contributed by atoms with Crippen molar-refractivity contribution in [1.29, 1.82) is 0 Å². The first kappa shape index (κ1) is 9.65. The highest BCUT2D eigenvalue weighted by Gasteiger charge is 2.60. The predicted molar refractivity (Wildman–Crippen MR) is 51.5 cm³/mol. The van der Waals surface area contributed by atoms with Crippen molar-refractivity contribution in [3.8, 4) is 0 Å². The van der Waals surface area contributed by atoms with E-state index in [1.807, 2.05) is 0 Å². The van der Waals surface area contributed by atoms with E-state index in [9.17, 15) is 9.59 Å². The summed E-state index contributed by atoms with van der Waals surface area (Å²) in [5.74, 6) is 0.0437. The van der Waals surface area contributed by atoms with Crippen molar-refractivity contribution in [3.63, 3.8) is 0 Å². The van der Waals surface area contributed by atoms with E-state index >= 15 is 0 Å². The fraction of sp³-hybridized carbons (Fsp3) is 0.800. The van der Waals surface area contributed by atoms with Crippen molar-refractivity contribution in [1.82, 2.24) is 5.32 Å². The molecule has 2 fully saturated rings. The Labute approximate surface area is 83.9 Å². The van der Waals surface area contributed by atoms with E-state index in [1.54, 1.807) is 14.1 Å². The van der Waals surface area contributed by atoms with Crippen LogP contribution < -0.4 is 5.32 Å². The predicted octanol–water partition coefficient (Wildman–Crippen LogP) is 1.02. The number of hydrogen-bond donors (Lipinski definition) is 1. The number of likely N-dealkylation sites (N-methyl/N-ethyl adjacent to an activating group) is 1. The van der Waals surface area contributed by atoms with Crippen molar-refractivity contribution in [3.05, 3.63) is 0 Å². The van der Waals surface area contributed by atoms with Crippen molar-refractivity contribution >= 4 is 11.9 Å². The zero-order valence-corrected chi connectivity index (χ0v) is 8.80. The number of nitrogens with one attached hydrogen (secondary N) is 1. The summed E-state index contributed by atoms with van der Waals surface area (Å²) >= 11 is 0. The Bertz CT molecular complexity index is 290. The molecule has 2 aliphatic rings. The van der Waals surface area contributed by atoms with Crippen LogP contribution >= 0.6 is 0 Å². The maximum Gasteiger partial charge on any atom is 0.424 e. The first-order chi connectivity index (χ1) is 6.49. The highest BCUT2D eigenvalue weighted by atomic mass is 16.2. The van der Waals surface area contributed by atoms with E-state index in [4.69, 9.17) is 0 Å². The summed E-state index contributed by atoms with van der Waals surface area (Å²) < 4.78 is -0.139. The molecule has 1 saturated carbocycles. The van der Waals surface area contributed by atoms with Crippen LogP contribution in [-0.2, 0) is 4.79 Å². The summed E-state index contributed by atoms with van der Waals surface area (Å²) in [6.45, 7) is 0. The Hall–Kier alpha value is -0.900. The molecule has 1 aliphatic heterocycles. The molecule has 0 aromatic carbocycles. The lowest BCUT2D eigenvalue weighted by atomic mass is 9.81. The van der Waals surface area contributed by atoms with Crippen LogP contribution in [-0.4, -0.2) is 36.1 Å². The fourth-order valence-electron chi connectivity index (χ4n) is 2.52. The Balaban J connectivity index is 2.31. The molecule has 1 spiro atoms. The van der Waals surface area contributed by atoms with Crippen LogP contribution in [0.5, 0.6) is 0 Å². The second-order valence-corrected chi connectivity index (χ2v) is 4.83. The molecule has 0 aromatic rings. The Morgan fingerprint density at radius 2 is 1.71 bits per heavy atom. The number of carbonyl (C=O) groups is 2. The molecule has 1 aliphatic carbocycles. The normalized spacial score (nSPS) is 29.3. The number of urea groups is 1. The second kappa shape index (κ2) is 2.79. The average molecular weight is 197 g/mol. The maximum atomic E-state index is 12.1. The smallest absolute Gasteiger partial charge is 0.286 e. The van der Waals surface area contributed by atoms with Crippen LogP contribution in [0.1, 0.15) is 32.1 Å². The van der Waals surface area contributed by atoms with Crippen molar-refractivity contribution < 1.29 is 14.1 Å². The summed E-state index contributed by atoms with van der Waals surface area (Å²) in [5, 5.41) is 2.89. The number of rotatable bonds is 0. The molecule has 2 rings (SSSR count). The van der Waals surface area contributed by atoms with Gasteiger partial charge in [-0.3, -0.25) is 5.32 Å². The summed E-state index contributed by atoms with van der Waals surface area (Å²) in [5.41, 5.74) is -0.529. The van der Waals surface area contributed by atoms with E-state index in [2.05, 4.69) is 5.32 Å². The van der Waals surface area contributed by atoms with Gasteiger partial charge in [0, 0.05) is 0 Å². The van der Waals surface area contributed by atoms with Gasteiger partial charge in [-0.1, -0.05) is 19.3 Å². The van der Waals surface area contributed by atoms with Gasteiger partial charge in [-0.25, -0.2) is 9.59 Å². The summed E-state index contributed by atoms with van der Waals surface area (Å²) in [7, 11) is 3.34. The number of hydrogen-bond acceptors (Lipinski definition) is 2. The second-order valence-electron chi connectivity index (χ2n) is 4.83. The fourth-order valence-corrected chi connectivity index (χ4v) is 2.52. The average Bonchev–Trinajstić information content (AvgIpc) is 2.31. The molecular weight excluding hydrogens is 180 g/mol. The van der Waals surface area contributed by atoms with E-state index in [-0.39, 0.29) is 16.4 Å². The number of nitrogens with zero attached hydrogens (tertiary/aromatic N) is 1. The SMILES string of the molecule is C[N+]1(C)C(=O)NC2(CCCCC2)C1=O. The van der Waals surface area contributed by atoms with E-state index in [0.717, 1.165) is 25.7 Å². The highest BCUT2D eigenvalue weighted by Crippen LogP contribution is 2.35. The molecule has 0 aromatic heterocycles. The van der Waals surface area contributed by atoms with Crippen LogP contribution in [0.4, 0.5) is 4.79 Å². The molecule has 1 heterocycles. The van der Waals surface area contributed by atoms with Gasteiger partial charge in [0.2, 0.25) is 0 Å². The molecule has 0 radical (unpaired) electrons. The third-order valence-corrected chi connectivity index (χ3v) is 3.48. The molecule has 78 valence electrons. The van der Waals surface area contributed by atoms with Crippen LogP contribution in [0.2, 0.25) is 0 Å². The molecule has 4 nitrogen and oxygen atoms in total. The highest BCUT2D eigenvalue weighted by molar-refractivity contribution is 5.97. The molecule has 4 heteroatoms. The number of quaternary nitrogens is 1. The van der Waals surface area contributed by atoms with E-state index in [0.29, 0.717) is 0 Å². The standard InChI is InChI=1S/C10H16N2O2/c1-12(2)8(13)10(11-9(12)14)6-4-3-5-7-10/h3-7H2,1-2H3/p+1. The van der Waals surface area contributed by atoms with E-state index in [1.165, 1.54) is 6.42 Å². The Kier molecular flexibility index (Phi) is 1.93. The van der Waals surface area contributed by atoms with Crippen molar-refractivity contribution in [2.75, 3.05) is 14.1 Å². The topological polar surface area (TPSA) is 46.2 Å². The van der Waals surface area contributed by atoms with Gasteiger partial charge < -0.3 is 0 Å². The van der Waals surface area contributed by atoms with E-state index < -0.39 is 5.54 Å². The summed E-state index contributed by atoms with van der Waals surface area (Å²) in [6.07, 6.45) is 4.91. The van der Waals surface area contributed by atoms with Crippen molar-refractivity contribution in [2.24, 2.45) is 0 Å². The minimum atomic E-state index is -0.529. The zero-order valence-electron chi connectivity index (χ0n) is 8.80. The number of carbonyl (C=O) groups excluding carboxylic acids is 2.